The van der Waals surface area contributed by atoms with Gasteiger partial charge < -0.3 is 15.4 Å². The third kappa shape index (κ3) is 5.56. The number of thiophene rings is 1. The molecule has 6 nitrogen and oxygen atoms in total. The summed E-state index contributed by atoms with van der Waals surface area (Å²) < 4.78 is 5.25. The number of hydrogen-bond acceptors (Lipinski definition) is 5. The van der Waals surface area contributed by atoms with Crippen LogP contribution in [0.25, 0.3) is 0 Å². The van der Waals surface area contributed by atoms with Crippen molar-refractivity contribution in [3.05, 3.63) is 52.2 Å². The summed E-state index contributed by atoms with van der Waals surface area (Å²) >= 11 is 1.48. The highest BCUT2D eigenvalue weighted by molar-refractivity contribution is 7.08. The van der Waals surface area contributed by atoms with Gasteiger partial charge in [-0.15, -0.1) is 0 Å². The highest BCUT2D eigenvalue weighted by Crippen LogP contribution is 2.26. The van der Waals surface area contributed by atoms with E-state index in [2.05, 4.69) is 27.7 Å². The molecule has 1 aliphatic heterocycles. The van der Waals surface area contributed by atoms with Crippen LogP contribution in [0.15, 0.2) is 41.1 Å². The average Bonchev–Trinajstić information content (AvgIpc) is 3.43. The molecule has 1 unspecified atom stereocenters. The molecule has 1 aromatic carbocycles. The van der Waals surface area contributed by atoms with Crippen LogP contribution in [0.4, 0.5) is 0 Å². The molecule has 0 bridgehead atoms. The van der Waals surface area contributed by atoms with Gasteiger partial charge in [0.15, 0.2) is 0 Å². The van der Waals surface area contributed by atoms with E-state index in [4.69, 9.17) is 4.74 Å². The van der Waals surface area contributed by atoms with Crippen molar-refractivity contribution in [3.8, 4) is 5.75 Å². The van der Waals surface area contributed by atoms with Crippen LogP contribution >= 0.6 is 11.3 Å². The minimum Gasteiger partial charge on any atom is -0.497 e. The second kappa shape index (κ2) is 10.2. The Kier molecular flexibility index (Phi) is 7.45. The van der Waals surface area contributed by atoms with E-state index in [0.717, 1.165) is 18.8 Å². The SMILES string of the molecule is COc1ccc(C(CNC(=O)CCNC(=O)c2ccsc2)N2CCCC2)cc1. The van der Waals surface area contributed by atoms with Crippen molar-refractivity contribution in [1.29, 1.82) is 0 Å². The number of carbonyl (C=O) groups excluding carboxylic acids is 2. The molecule has 0 saturated carbocycles. The molecular formula is C21H27N3O3S. The van der Waals surface area contributed by atoms with Crippen molar-refractivity contribution in [2.24, 2.45) is 0 Å². The fourth-order valence-corrected chi connectivity index (χ4v) is 4.06. The number of likely N-dealkylation sites (tertiary alicyclic amines) is 1. The predicted octanol–water partition coefficient (Wildman–Crippen LogP) is 2.83. The third-order valence-electron chi connectivity index (χ3n) is 5.00. The van der Waals surface area contributed by atoms with Crippen LogP contribution in [0.2, 0.25) is 0 Å². The summed E-state index contributed by atoms with van der Waals surface area (Å²) in [6.45, 7) is 2.98. The Labute approximate surface area is 169 Å². The topological polar surface area (TPSA) is 70.7 Å². The van der Waals surface area contributed by atoms with E-state index in [9.17, 15) is 9.59 Å². The van der Waals surface area contributed by atoms with E-state index in [1.807, 2.05) is 17.5 Å². The molecule has 2 heterocycles. The standard InChI is InChI=1S/C21H27N3O3S/c1-27-18-6-4-16(5-7-18)19(24-11-2-3-12-24)14-23-20(25)8-10-22-21(26)17-9-13-28-15-17/h4-7,9,13,15,19H,2-3,8,10-12,14H2,1H3,(H,22,26)(H,23,25). The lowest BCUT2D eigenvalue weighted by atomic mass is 10.1. The van der Waals surface area contributed by atoms with Crippen molar-refractivity contribution in [2.45, 2.75) is 25.3 Å². The molecule has 1 saturated heterocycles. The number of hydrogen-bond donors (Lipinski definition) is 2. The smallest absolute Gasteiger partial charge is 0.252 e. The molecule has 28 heavy (non-hydrogen) atoms. The van der Waals surface area contributed by atoms with Crippen molar-refractivity contribution in [2.75, 3.05) is 33.3 Å². The predicted molar refractivity (Wildman–Crippen MR) is 111 cm³/mol. The first-order chi connectivity index (χ1) is 13.7. The number of carbonyl (C=O) groups is 2. The van der Waals surface area contributed by atoms with Crippen LogP contribution < -0.4 is 15.4 Å². The van der Waals surface area contributed by atoms with E-state index in [1.165, 1.54) is 29.7 Å². The van der Waals surface area contributed by atoms with Crippen LogP contribution in [-0.4, -0.2) is 50.0 Å². The molecule has 0 radical (unpaired) electrons. The summed E-state index contributed by atoms with van der Waals surface area (Å²) in [5.41, 5.74) is 1.81. The van der Waals surface area contributed by atoms with Gasteiger partial charge in [0.1, 0.15) is 5.75 Å². The number of rotatable bonds is 9. The second-order valence-corrected chi connectivity index (χ2v) is 7.63. The number of benzene rings is 1. The maximum Gasteiger partial charge on any atom is 0.252 e. The zero-order chi connectivity index (χ0) is 19.8. The number of nitrogens with one attached hydrogen (secondary N) is 2. The summed E-state index contributed by atoms with van der Waals surface area (Å²) in [4.78, 5) is 26.6. The first kappa shape index (κ1) is 20.4. The molecule has 0 spiro atoms. The first-order valence-electron chi connectivity index (χ1n) is 9.62. The summed E-state index contributed by atoms with van der Waals surface area (Å²) in [7, 11) is 1.66. The fourth-order valence-electron chi connectivity index (χ4n) is 3.42. The maximum atomic E-state index is 12.3. The lowest BCUT2D eigenvalue weighted by Gasteiger charge is -2.28. The number of amides is 2. The molecule has 1 aromatic heterocycles. The van der Waals surface area contributed by atoms with Crippen molar-refractivity contribution < 1.29 is 14.3 Å². The monoisotopic (exact) mass is 401 g/mol. The Morgan fingerprint density at radius 2 is 1.89 bits per heavy atom. The van der Waals surface area contributed by atoms with E-state index < -0.39 is 0 Å². The van der Waals surface area contributed by atoms with Gasteiger partial charge >= 0.3 is 0 Å². The normalized spacial score (nSPS) is 15.2. The quantitative estimate of drug-likeness (QED) is 0.678. The largest absolute Gasteiger partial charge is 0.497 e. The Morgan fingerprint density at radius 1 is 1.14 bits per heavy atom. The summed E-state index contributed by atoms with van der Waals surface area (Å²) in [6.07, 6.45) is 2.65. The molecule has 2 N–H and O–H groups in total. The van der Waals surface area contributed by atoms with Gasteiger partial charge in [0.2, 0.25) is 5.91 Å². The van der Waals surface area contributed by atoms with Gasteiger partial charge in [-0.3, -0.25) is 14.5 Å². The highest BCUT2D eigenvalue weighted by Gasteiger charge is 2.24. The van der Waals surface area contributed by atoms with Crippen LogP contribution in [0, 0.1) is 0 Å². The van der Waals surface area contributed by atoms with Crippen LogP contribution in [0.3, 0.4) is 0 Å². The van der Waals surface area contributed by atoms with Gasteiger partial charge in [0, 0.05) is 30.5 Å². The number of nitrogens with zero attached hydrogens (tertiary/aromatic N) is 1. The molecule has 3 rings (SSSR count). The third-order valence-corrected chi connectivity index (χ3v) is 5.68. The molecule has 2 amide bonds. The molecule has 1 aliphatic rings. The molecule has 150 valence electrons. The number of methoxy groups -OCH3 is 1. The molecule has 7 heteroatoms. The Balaban J connectivity index is 1.49. The van der Waals surface area contributed by atoms with Gasteiger partial charge in [-0.1, -0.05) is 12.1 Å². The summed E-state index contributed by atoms with van der Waals surface area (Å²) in [5.74, 6) is 0.639. The fraction of sp³-hybridized carbons (Fsp3) is 0.429. The van der Waals surface area contributed by atoms with Crippen LogP contribution in [0.1, 0.15) is 41.2 Å². The average molecular weight is 402 g/mol. The van der Waals surface area contributed by atoms with E-state index >= 15 is 0 Å². The minimum absolute atomic E-state index is 0.0525. The molecule has 2 aromatic rings. The highest BCUT2D eigenvalue weighted by atomic mass is 32.1. The van der Waals surface area contributed by atoms with Crippen molar-refractivity contribution in [1.82, 2.24) is 15.5 Å². The lowest BCUT2D eigenvalue weighted by Crippen LogP contribution is -2.38. The van der Waals surface area contributed by atoms with Gasteiger partial charge in [0.25, 0.3) is 5.91 Å². The molecule has 1 atom stereocenters. The Bertz CT molecular complexity index is 756. The Hall–Kier alpha value is -2.38. The van der Waals surface area contributed by atoms with Gasteiger partial charge in [-0.25, -0.2) is 0 Å². The van der Waals surface area contributed by atoms with Gasteiger partial charge in [-0.05, 0) is 55.1 Å². The zero-order valence-electron chi connectivity index (χ0n) is 16.1. The Morgan fingerprint density at radius 3 is 2.54 bits per heavy atom. The molecule has 0 aliphatic carbocycles. The minimum atomic E-state index is -0.137. The summed E-state index contributed by atoms with van der Waals surface area (Å²) in [6, 6.07) is 9.97. The first-order valence-corrected chi connectivity index (χ1v) is 10.6. The number of ether oxygens (including phenoxy) is 1. The maximum absolute atomic E-state index is 12.3. The van der Waals surface area contributed by atoms with Crippen LogP contribution in [-0.2, 0) is 4.79 Å². The van der Waals surface area contributed by atoms with E-state index in [-0.39, 0.29) is 24.3 Å². The van der Waals surface area contributed by atoms with Gasteiger partial charge in [0.05, 0.1) is 13.2 Å². The molecular weight excluding hydrogens is 374 g/mol. The van der Waals surface area contributed by atoms with Crippen molar-refractivity contribution >= 4 is 23.2 Å². The van der Waals surface area contributed by atoms with E-state index in [0.29, 0.717) is 18.7 Å². The zero-order valence-corrected chi connectivity index (χ0v) is 17.0. The van der Waals surface area contributed by atoms with Crippen LogP contribution in [0.5, 0.6) is 5.75 Å². The summed E-state index contributed by atoms with van der Waals surface area (Å²) in [5, 5.41) is 9.48. The second-order valence-electron chi connectivity index (χ2n) is 6.85. The molecule has 1 fully saturated rings. The van der Waals surface area contributed by atoms with E-state index in [1.54, 1.807) is 18.6 Å². The van der Waals surface area contributed by atoms with Crippen molar-refractivity contribution in [3.63, 3.8) is 0 Å². The van der Waals surface area contributed by atoms with Gasteiger partial charge in [-0.2, -0.15) is 11.3 Å². The lowest BCUT2D eigenvalue weighted by molar-refractivity contribution is -0.121.